The first-order valence-corrected chi connectivity index (χ1v) is 8.31. The van der Waals surface area contributed by atoms with E-state index in [4.69, 9.17) is 10.5 Å². The molecule has 0 aromatic carbocycles. The number of likely N-dealkylation sites (N-methyl/N-ethyl adjacent to an activating group) is 1. The van der Waals surface area contributed by atoms with Crippen molar-refractivity contribution in [3.05, 3.63) is 16.1 Å². The topological polar surface area (TPSA) is 80.5 Å². The molecule has 0 aliphatic carbocycles. The largest absolute Gasteiger partial charge is 0.444 e. The first-order valence-electron chi connectivity index (χ1n) is 7.43. The molecule has 0 saturated heterocycles. The number of aromatic nitrogens is 1. The second-order valence-electron chi connectivity index (χ2n) is 6.51. The number of amides is 1. The molecule has 0 fully saturated rings. The molecule has 126 valence electrons. The minimum Gasteiger partial charge on any atom is -0.444 e. The van der Waals surface area contributed by atoms with Gasteiger partial charge in [0.15, 0.2) is 0 Å². The monoisotopic (exact) mass is 328 g/mol. The molecule has 7 heteroatoms. The highest BCUT2D eigenvalue weighted by atomic mass is 32.1. The molecule has 2 atom stereocenters. The Hall–Kier alpha value is -1.18. The van der Waals surface area contributed by atoms with Crippen LogP contribution < -0.4 is 11.1 Å². The third-order valence-electron chi connectivity index (χ3n) is 3.21. The van der Waals surface area contributed by atoms with E-state index < -0.39 is 11.7 Å². The highest BCUT2D eigenvalue weighted by molar-refractivity contribution is 7.09. The van der Waals surface area contributed by atoms with Gasteiger partial charge in [0.05, 0.1) is 10.7 Å². The van der Waals surface area contributed by atoms with Crippen LogP contribution in [0.5, 0.6) is 0 Å². The molecule has 0 bridgehead atoms. The standard InChI is InChI=1S/C15H28N4O2S/c1-10(17-14(20)21-15(3,4)5)13(7-16)19(6)8-12-9-22-11(2)18-12/h9-10,13H,7-8,16H2,1-6H3,(H,17,20). The van der Waals surface area contributed by atoms with Crippen LogP contribution in [-0.4, -0.2) is 47.3 Å². The zero-order valence-electron chi connectivity index (χ0n) is 14.3. The fourth-order valence-electron chi connectivity index (χ4n) is 2.21. The van der Waals surface area contributed by atoms with Crippen molar-refractivity contribution in [1.82, 2.24) is 15.2 Å². The Balaban J connectivity index is 2.59. The predicted octanol–water partition coefficient (Wildman–Crippen LogP) is 2.12. The summed E-state index contributed by atoms with van der Waals surface area (Å²) < 4.78 is 5.28. The van der Waals surface area contributed by atoms with E-state index in [2.05, 4.69) is 15.2 Å². The molecule has 1 aromatic rings. The van der Waals surface area contributed by atoms with Crippen molar-refractivity contribution in [2.75, 3.05) is 13.6 Å². The molecule has 1 aromatic heterocycles. The normalized spacial score (nSPS) is 14.7. The summed E-state index contributed by atoms with van der Waals surface area (Å²) in [5, 5.41) is 5.95. The molecular weight excluding hydrogens is 300 g/mol. The lowest BCUT2D eigenvalue weighted by molar-refractivity contribution is 0.0476. The van der Waals surface area contributed by atoms with Crippen molar-refractivity contribution >= 4 is 17.4 Å². The van der Waals surface area contributed by atoms with Crippen molar-refractivity contribution in [2.24, 2.45) is 5.73 Å². The minimum absolute atomic E-state index is 0.00882. The van der Waals surface area contributed by atoms with E-state index in [0.29, 0.717) is 13.1 Å². The van der Waals surface area contributed by atoms with E-state index in [1.165, 1.54) is 0 Å². The van der Waals surface area contributed by atoms with Gasteiger partial charge >= 0.3 is 6.09 Å². The van der Waals surface area contributed by atoms with Gasteiger partial charge in [-0.1, -0.05) is 0 Å². The van der Waals surface area contributed by atoms with E-state index in [1.807, 2.05) is 47.0 Å². The number of nitrogens with one attached hydrogen (secondary N) is 1. The van der Waals surface area contributed by atoms with Gasteiger partial charge in [0.2, 0.25) is 0 Å². The van der Waals surface area contributed by atoms with Crippen molar-refractivity contribution < 1.29 is 9.53 Å². The second kappa shape index (κ2) is 7.89. The second-order valence-corrected chi connectivity index (χ2v) is 7.57. The minimum atomic E-state index is -0.508. The molecule has 3 N–H and O–H groups in total. The average Bonchev–Trinajstić information content (AvgIpc) is 2.72. The van der Waals surface area contributed by atoms with Crippen LogP contribution in [0.3, 0.4) is 0 Å². The summed E-state index contributed by atoms with van der Waals surface area (Å²) in [7, 11) is 1.99. The van der Waals surface area contributed by atoms with Gasteiger partial charge in [0.25, 0.3) is 0 Å². The summed E-state index contributed by atoms with van der Waals surface area (Å²) in [5.41, 5.74) is 6.40. The SMILES string of the molecule is Cc1nc(CN(C)C(CN)C(C)NC(=O)OC(C)(C)C)cs1. The van der Waals surface area contributed by atoms with Gasteiger partial charge < -0.3 is 15.8 Å². The highest BCUT2D eigenvalue weighted by Crippen LogP contribution is 2.13. The number of ether oxygens (including phenoxy) is 1. The Morgan fingerprint density at radius 3 is 2.64 bits per heavy atom. The molecule has 1 amide bonds. The molecule has 1 heterocycles. The predicted molar refractivity (Wildman–Crippen MR) is 90.0 cm³/mol. The number of carbonyl (C=O) groups excluding carboxylic acids is 1. The fraction of sp³-hybridized carbons (Fsp3) is 0.733. The number of hydrogen-bond donors (Lipinski definition) is 2. The molecule has 6 nitrogen and oxygen atoms in total. The van der Waals surface area contributed by atoms with Crippen LogP contribution in [0.15, 0.2) is 5.38 Å². The van der Waals surface area contributed by atoms with Gasteiger partial charge in [-0.25, -0.2) is 9.78 Å². The Bertz CT molecular complexity index is 484. The Morgan fingerprint density at radius 1 is 1.55 bits per heavy atom. The van der Waals surface area contributed by atoms with Gasteiger partial charge in [-0.15, -0.1) is 11.3 Å². The number of nitrogens with two attached hydrogens (primary N) is 1. The molecule has 0 aliphatic heterocycles. The summed E-state index contributed by atoms with van der Waals surface area (Å²) in [4.78, 5) is 18.4. The van der Waals surface area contributed by atoms with Gasteiger partial charge in [-0.3, -0.25) is 4.90 Å². The zero-order chi connectivity index (χ0) is 16.9. The van der Waals surface area contributed by atoms with E-state index in [-0.39, 0.29) is 12.1 Å². The maximum atomic E-state index is 11.9. The molecule has 22 heavy (non-hydrogen) atoms. The molecule has 0 radical (unpaired) electrons. The first-order chi connectivity index (χ1) is 10.1. The quantitative estimate of drug-likeness (QED) is 0.836. The van der Waals surface area contributed by atoms with Gasteiger partial charge in [-0.2, -0.15) is 0 Å². The number of rotatable bonds is 6. The van der Waals surface area contributed by atoms with Crippen LogP contribution in [-0.2, 0) is 11.3 Å². The number of thiazole rings is 1. The van der Waals surface area contributed by atoms with Crippen molar-refractivity contribution in [3.63, 3.8) is 0 Å². The number of nitrogens with zero attached hydrogens (tertiary/aromatic N) is 2. The van der Waals surface area contributed by atoms with Crippen LogP contribution in [0.4, 0.5) is 4.79 Å². The summed E-state index contributed by atoms with van der Waals surface area (Å²) in [6.45, 7) is 10.6. The van der Waals surface area contributed by atoms with Crippen molar-refractivity contribution in [3.8, 4) is 0 Å². The van der Waals surface area contributed by atoms with Gasteiger partial charge in [-0.05, 0) is 41.7 Å². The zero-order valence-corrected chi connectivity index (χ0v) is 15.2. The van der Waals surface area contributed by atoms with Crippen LogP contribution >= 0.6 is 11.3 Å². The number of alkyl carbamates (subject to hydrolysis) is 1. The first kappa shape index (κ1) is 18.9. The van der Waals surface area contributed by atoms with E-state index in [9.17, 15) is 4.79 Å². The molecular formula is C15H28N4O2S. The summed E-state index contributed by atoms with van der Waals surface area (Å²) in [5.74, 6) is 0. The summed E-state index contributed by atoms with van der Waals surface area (Å²) >= 11 is 1.63. The third-order valence-corrected chi connectivity index (χ3v) is 4.03. The fourth-order valence-corrected chi connectivity index (χ4v) is 2.81. The molecule has 2 unspecified atom stereocenters. The van der Waals surface area contributed by atoms with Gasteiger partial charge in [0, 0.05) is 30.6 Å². The number of carbonyl (C=O) groups is 1. The van der Waals surface area contributed by atoms with Crippen molar-refractivity contribution in [2.45, 2.75) is 58.8 Å². The maximum absolute atomic E-state index is 11.9. The molecule has 0 saturated carbocycles. The molecule has 0 spiro atoms. The summed E-state index contributed by atoms with van der Waals surface area (Å²) in [6, 6.07) is -0.112. The Labute approximate surface area is 137 Å². The highest BCUT2D eigenvalue weighted by Gasteiger charge is 2.25. The van der Waals surface area contributed by atoms with Crippen molar-refractivity contribution in [1.29, 1.82) is 0 Å². The van der Waals surface area contributed by atoms with E-state index >= 15 is 0 Å². The lowest BCUT2D eigenvalue weighted by atomic mass is 10.1. The van der Waals surface area contributed by atoms with Crippen LogP contribution in [0.25, 0.3) is 0 Å². The smallest absolute Gasteiger partial charge is 0.407 e. The van der Waals surface area contributed by atoms with Gasteiger partial charge in [0.1, 0.15) is 5.60 Å². The van der Waals surface area contributed by atoms with Crippen LogP contribution in [0.2, 0.25) is 0 Å². The Morgan fingerprint density at radius 2 is 2.18 bits per heavy atom. The molecule has 0 aliphatic rings. The lowest BCUT2D eigenvalue weighted by Crippen LogP contribution is -2.53. The average molecular weight is 328 g/mol. The third kappa shape index (κ3) is 6.29. The summed E-state index contributed by atoms with van der Waals surface area (Å²) in [6.07, 6.45) is -0.420. The Kier molecular flexibility index (Phi) is 6.77. The maximum Gasteiger partial charge on any atom is 0.407 e. The van der Waals surface area contributed by atoms with E-state index in [0.717, 1.165) is 10.7 Å². The van der Waals surface area contributed by atoms with Crippen LogP contribution in [0, 0.1) is 6.92 Å². The lowest BCUT2D eigenvalue weighted by Gasteiger charge is -2.32. The van der Waals surface area contributed by atoms with E-state index in [1.54, 1.807) is 11.3 Å². The molecule has 1 rings (SSSR count). The number of aryl methyl sites for hydroxylation is 1. The van der Waals surface area contributed by atoms with Crippen LogP contribution in [0.1, 0.15) is 38.4 Å². The number of hydrogen-bond acceptors (Lipinski definition) is 6.